The van der Waals surface area contributed by atoms with Crippen LogP contribution in [0.1, 0.15) is 25.0 Å². The van der Waals surface area contributed by atoms with Crippen molar-refractivity contribution in [3.05, 3.63) is 47.9 Å². The van der Waals surface area contributed by atoms with E-state index < -0.39 is 5.41 Å². The van der Waals surface area contributed by atoms with E-state index in [4.69, 9.17) is 15.3 Å². The highest BCUT2D eigenvalue weighted by Crippen LogP contribution is 2.29. The molecule has 1 aromatic carbocycles. The molecule has 0 atom stereocenters. The fourth-order valence-corrected chi connectivity index (χ4v) is 2.76. The predicted octanol–water partition coefficient (Wildman–Crippen LogP) is 4.15. The highest BCUT2D eigenvalue weighted by Gasteiger charge is 2.18. The van der Waals surface area contributed by atoms with E-state index in [0.29, 0.717) is 18.2 Å². The van der Waals surface area contributed by atoms with E-state index in [-0.39, 0.29) is 6.54 Å². The van der Waals surface area contributed by atoms with Gasteiger partial charge in [-0.3, -0.25) is 4.68 Å². The maximum absolute atomic E-state index is 9.15. The van der Waals surface area contributed by atoms with Gasteiger partial charge in [-0.25, -0.2) is 9.97 Å². The Morgan fingerprint density at radius 2 is 1.97 bits per heavy atom. The molecule has 0 radical (unpaired) electrons. The maximum atomic E-state index is 9.15. The fraction of sp³-hybridized carbons (Fsp3) is 0.318. The van der Waals surface area contributed by atoms with Crippen LogP contribution in [0.4, 0.5) is 11.6 Å². The second kappa shape index (κ2) is 8.62. The summed E-state index contributed by atoms with van der Waals surface area (Å²) in [7, 11) is 0. The van der Waals surface area contributed by atoms with Crippen LogP contribution in [-0.4, -0.2) is 26.4 Å². The van der Waals surface area contributed by atoms with Gasteiger partial charge in [-0.05, 0) is 57.0 Å². The van der Waals surface area contributed by atoms with Gasteiger partial charge in [0.2, 0.25) is 5.95 Å². The van der Waals surface area contributed by atoms with E-state index in [1.54, 1.807) is 18.6 Å². The Balaban J connectivity index is 1.81. The molecule has 3 aromatic rings. The molecule has 0 aliphatic rings. The predicted molar refractivity (Wildman–Crippen MR) is 113 cm³/mol. The molecule has 1 N–H and O–H groups in total. The Labute approximate surface area is 175 Å². The van der Waals surface area contributed by atoms with Crippen LogP contribution in [0.25, 0.3) is 11.3 Å². The van der Waals surface area contributed by atoms with Crippen LogP contribution < -0.4 is 10.1 Å². The first-order valence-corrected chi connectivity index (χ1v) is 9.46. The smallest absolute Gasteiger partial charge is 0.227 e. The third-order valence-electron chi connectivity index (χ3n) is 4.43. The number of hydrogen-bond donors (Lipinski definition) is 1. The first-order valence-electron chi connectivity index (χ1n) is 9.46. The molecule has 8 heteroatoms. The van der Waals surface area contributed by atoms with Gasteiger partial charge >= 0.3 is 0 Å². The van der Waals surface area contributed by atoms with E-state index in [0.717, 1.165) is 28.1 Å². The topological polar surface area (TPSA) is 112 Å². The van der Waals surface area contributed by atoms with Gasteiger partial charge in [-0.15, -0.1) is 0 Å². The number of aromatic nitrogens is 4. The third-order valence-corrected chi connectivity index (χ3v) is 4.43. The molecular formula is C22H23N7O. The first-order chi connectivity index (χ1) is 14.3. The van der Waals surface area contributed by atoms with E-state index in [2.05, 4.69) is 26.5 Å². The van der Waals surface area contributed by atoms with Gasteiger partial charge in [-0.1, -0.05) is 0 Å². The van der Waals surface area contributed by atoms with Gasteiger partial charge in [0.1, 0.15) is 18.9 Å². The minimum absolute atomic E-state index is 0.181. The normalized spacial score (nSPS) is 10.9. The zero-order valence-corrected chi connectivity index (χ0v) is 17.5. The summed E-state index contributed by atoms with van der Waals surface area (Å²) in [6.45, 7) is 8.13. The van der Waals surface area contributed by atoms with E-state index >= 15 is 0 Å². The highest BCUT2D eigenvalue weighted by atomic mass is 16.5. The monoisotopic (exact) mass is 401 g/mol. The molecule has 2 aromatic heterocycles. The van der Waals surface area contributed by atoms with Crippen LogP contribution in [0, 0.1) is 41.9 Å². The van der Waals surface area contributed by atoms with Crippen molar-refractivity contribution in [2.24, 2.45) is 5.41 Å². The number of anilines is 2. The van der Waals surface area contributed by atoms with Crippen molar-refractivity contribution in [2.75, 3.05) is 11.9 Å². The van der Waals surface area contributed by atoms with Gasteiger partial charge in [0.25, 0.3) is 0 Å². The molecule has 0 fully saturated rings. The lowest BCUT2D eigenvalue weighted by molar-refractivity contribution is 0.226. The summed E-state index contributed by atoms with van der Waals surface area (Å²) < 4.78 is 7.37. The van der Waals surface area contributed by atoms with Crippen molar-refractivity contribution in [1.29, 1.82) is 10.5 Å². The number of nitrogens with one attached hydrogen (secondary N) is 1. The summed E-state index contributed by atoms with van der Waals surface area (Å²) in [6.07, 6.45) is 5.11. The number of aryl methyl sites for hydroxylation is 2. The molecule has 0 unspecified atom stereocenters. The van der Waals surface area contributed by atoms with Gasteiger partial charge < -0.3 is 10.1 Å². The second-order valence-corrected chi connectivity index (χ2v) is 7.70. The van der Waals surface area contributed by atoms with E-state index in [9.17, 15) is 0 Å². The molecule has 30 heavy (non-hydrogen) atoms. The Bertz CT molecular complexity index is 1140. The van der Waals surface area contributed by atoms with Crippen molar-refractivity contribution in [1.82, 2.24) is 19.7 Å². The summed E-state index contributed by atoms with van der Waals surface area (Å²) in [5.41, 5.74) is 3.83. The quantitative estimate of drug-likeness (QED) is 0.632. The number of ether oxygens (including phenoxy) is 1. The molecule has 0 aliphatic carbocycles. The van der Waals surface area contributed by atoms with Crippen molar-refractivity contribution >= 4 is 11.6 Å². The number of nitriles is 2. The highest BCUT2D eigenvalue weighted by molar-refractivity contribution is 5.66. The minimum Gasteiger partial charge on any atom is -0.492 e. The summed E-state index contributed by atoms with van der Waals surface area (Å²) in [5.74, 6) is 1.19. The molecule has 8 nitrogen and oxygen atoms in total. The van der Waals surface area contributed by atoms with Crippen molar-refractivity contribution in [3.8, 4) is 29.1 Å². The van der Waals surface area contributed by atoms with Crippen LogP contribution in [0.5, 0.6) is 5.75 Å². The first kappa shape index (κ1) is 20.8. The van der Waals surface area contributed by atoms with Crippen LogP contribution in [0.3, 0.4) is 0 Å². The van der Waals surface area contributed by atoms with Gasteiger partial charge in [0.15, 0.2) is 0 Å². The Hall–Kier alpha value is -3.91. The average molecular weight is 401 g/mol. The molecule has 2 heterocycles. The van der Waals surface area contributed by atoms with Crippen LogP contribution in [0.15, 0.2) is 36.8 Å². The third kappa shape index (κ3) is 4.92. The molecule has 0 bridgehead atoms. The lowest BCUT2D eigenvalue weighted by Crippen LogP contribution is -2.19. The Morgan fingerprint density at radius 1 is 1.17 bits per heavy atom. The molecule has 0 saturated carbocycles. The molecule has 0 saturated heterocycles. The summed E-state index contributed by atoms with van der Waals surface area (Å²) in [5, 5.41) is 25.1. The van der Waals surface area contributed by atoms with Gasteiger partial charge in [-0.2, -0.15) is 15.6 Å². The number of rotatable bonds is 7. The lowest BCUT2D eigenvalue weighted by atomic mass is 9.97. The van der Waals surface area contributed by atoms with Crippen molar-refractivity contribution in [3.63, 3.8) is 0 Å². The standard InChI is InChI=1S/C22H23N7O/c1-15-9-17(5-6-19(15)30-14-22(3,4)13-24)20-16(2)10-25-21(28-20)27-18-11-26-29(12-18)8-7-23/h5-6,9-12H,8,14H2,1-4H3,(H,25,27,28). The zero-order chi connectivity index (χ0) is 21.7. The largest absolute Gasteiger partial charge is 0.492 e. The summed E-state index contributed by atoms with van der Waals surface area (Å²) >= 11 is 0. The zero-order valence-electron chi connectivity index (χ0n) is 17.5. The number of benzene rings is 1. The molecule has 3 rings (SSSR count). The Morgan fingerprint density at radius 3 is 2.67 bits per heavy atom. The lowest BCUT2D eigenvalue weighted by Gasteiger charge is -2.18. The summed E-state index contributed by atoms with van der Waals surface area (Å²) in [6, 6.07) is 10.1. The van der Waals surface area contributed by atoms with E-state index in [1.165, 1.54) is 4.68 Å². The molecule has 152 valence electrons. The van der Waals surface area contributed by atoms with Crippen molar-refractivity contribution < 1.29 is 4.74 Å². The molecular weight excluding hydrogens is 378 g/mol. The molecule has 0 spiro atoms. The maximum Gasteiger partial charge on any atom is 0.227 e. The summed E-state index contributed by atoms with van der Waals surface area (Å²) in [4.78, 5) is 9.00. The second-order valence-electron chi connectivity index (χ2n) is 7.70. The Kier molecular flexibility index (Phi) is 5.98. The minimum atomic E-state index is -0.546. The van der Waals surface area contributed by atoms with Crippen LogP contribution in [0.2, 0.25) is 0 Å². The fourth-order valence-electron chi connectivity index (χ4n) is 2.76. The number of nitrogens with zero attached hydrogens (tertiary/aromatic N) is 6. The van der Waals surface area contributed by atoms with Gasteiger partial charge in [0.05, 0.1) is 35.1 Å². The SMILES string of the molecule is Cc1cc(-c2nc(Nc3cnn(CC#N)c3)ncc2C)ccc1OCC(C)(C)C#N. The van der Waals surface area contributed by atoms with Crippen molar-refractivity contribution in [2.45, 2.75) is 34.2 Å². The van der Waals surface area contributed by atoms with Gasteiger partial charge in [0, 0.05) is 18.0 Å². The van der Waals surface area contributed by atoms with Crippen LogP contribution in [-0.2, 0) is 6.54 Å². The number of hydrogen-bond acceptors (Lipinski definition) is 7. The average Bonchev–Trinajstić information content (AvgIpc) is 3.15. The van der Waals surface area contributed by atoms with Crippen LogP contribution >= 0.6 is 0 Å². The molecule has 0 amide bonds. The van der Waals surface area contributed by atoms with E-state index in [1.807, 2.05) is 52.0 Å². The molecule has 0 aliphatic heterocycles.